The maximum absolute atomic E-state index is 5.74. The number of ether oxygens (including phenoxy) is 3. The molecule has 1 aromatic rings. The van der Waals surface area contributed by atoms with Crippen molar-refractivity contribution in [2.75, 3.05) is 21.3 Å². The van der Waals surface area contributed by atoms with Crippen molar-refractivity contribution in [3.63, 3.8) is 0 Å². The minimum atomic E-state index is -0.182. The van der Waals surface area contributed by atoms with Crippen LogP contribution in [0.15, 0.2) is 6.07 Å². The van der Waals surface area contributed by atoms with E-state index in [4.69, 9.17) is 19.9 Å². The Balaban J connectivity index is 3.29. The second-order valence-electron chi connectivity index (χ2n) is 3.08. The first kappa shape index (κ1) is 11.6. The molecule has 1 atom stereocenters. The minimum Gasteiger partial charge on any atom is -0.493 e. The van der Waals surface area contributed by atoms with Crippen LogP contribution in [0.3, 0.4) is 0 Å². The van der Waals surface area contributed by atoms with Gasteiger partial charge in [0.05, 0.1) is 27.0 Å². The monoisotopic (exact) mass is 212 g/mol. The van der Waals surface area contributed by atoms with E-state index in [2.05, 4.69) is 4.98 Å². The molecule has 0 aliphatic carbocycles. The lowest BCUT2D eigenvalue weighted by atomic mass is 10.2. The van der Waals surface area contributed by atoms with E-state index in [9.17, 15) is 0 Å². The molecule has 0 aromatic carbocycles. The van der Waals surface area contributed by atoms with Gasteiger partial charge in [0.1, 0.15) is 0 Å². The number of hydrogen-bond donors (Lipinski definition) is 1. The van der Waals surface area contributed by atoms with Crippen LogP contribution in [0.2, 0.25) is 0 Å². The van der Waals surface area contributed by atoms with E-state index >= 15 is 0 Å². The molecule has 1 heterocycles. The predicted molar refractivity (Wildman–Crippen MR) is 56.5 cm³/mol. The number of hydrogen-bond acceptors (Lipinski definition) is 5. The molecule has 1 rings (SSSR count). The van der Waals surface area contributed by atoms with Gasteiger partial charge in [-0.3, -0.25) is 0 Å². The van der Waals surface area contributed by atoms with Crippen LogP contribution in [0.4, 0.5) is 0 Å². The summed E-state index contributed by atoms with van der Waals surface area (Å²) < 4.78 is 15.4. The third-order valence-electron chi connectivity index (χ3n) is 2.01. The molecule has 1 unspecified atom stereocenters. The standard InChI is InChI=1S/C10H16N2O3/c1-6(11)7-5-8(13-2)9(14-3)10(12-7)15-4/h5-6H,11H2,1-4H3. The SMILES string of the molecule is COc1cc(C(C)N)nc(OC)c1OC. The van der Waals surface area contributed by atoms with Crippen molar-refractivity contribution in [1.82, 2.24) is 4.98 Å². The highest BCUT2D eigenvalue weighted by Crippen LogP contribution is 2.36. The van der Waals surface area contributed by atoms with E-state index < -0.39 is 0 Å². The molecule has 0 aliphatic heterocycles. The van der Waals surface area contributed by atoms with E-state index in [0.717, 1.165) is 0 Å². The average molecular weight is 212 g/mol. The second kappa shape index (κ2) is 4.84. The highest BCUT2D eigenvalue weighted by Gasteiger charge is 2.16. The fraction of sp³-hybridized carbons (Fsp3) is 0.500. The van der Waals surface area contributed by atoms with Gasteiger partial charge >= 0.3 is 0 Å². The molecule has 5 heteroatoms. The van der Waals surface area contributed by atoms with Crippen LogP contribution < -0.4 is 19.9 Å². The summed E-state index contributed by atoms with van der Waals surface area (Å²) in [5.74, 6) is 1.42. The van der Waals surface area contributed by atoms with Crippen molar-refractivity contribution < 1.29 is 14.2 Å². The molecule has 1 aromatic heterocycles. The average Bonchev–Trinajstić information content (AvgIpc) is 2.26. The number of pyridine rings is 1. The second-order valence-corrected chi connectivity index (χ2v) is 3.08. The zero-order chi connectivity index (χ0) is 11.4. The summed E-state index contributed by atoms with van der Waals surface area (Å²) in [5, 5.41) is 0. The lowest BCUT2D eigenvalue weighted by molar-refractivity contribution is 0.314. The van der Waals surface area contributed by atoms with Gasteiger partial charge in [0.2, 0.25) is 5.75 Å². The smallest absolute Gasteiger partial charge is 0.261 e. The lowest BCUT2D eigenvalue weighted by Gasteiger charge is -2.14. The molecule has 5 nitrogen and oxygen atoms in total. The van der Waals surface area contributed by atoms with E-state index in [1.165, 1.54) is 14.2 Å². The van der Waals surface area contributed by atoms with Crippen LogP contribution in [-0.2, 0) is 0 Å². The molecule has 0 saturated carbocycles. The molecule has 0 bridgehead atoms. The van der Waals surface area contributed by atoms with Crippen molar-refractivity contribution in [3.05, 3.63) is 11.8 Å². The topological polar surface area (TPSA) is 66.6 Å². The number of aromatic nitrogens is 1. The molecular formula is C10H16N2O3. The van der Waals surface area contributed by atoms with Gasteiger partial charge in [-0.15, -0.1) is 0 Å². The van der Waals surface area contributed by atoms with Gasteiger partial charge in [-0.2, -0.15) is 0 Å². The van der Waals surface area contributed by atoms with Gasteiger partial charge < -0.3 is 19.9 Å². The van der Waals surface area contributed by atoms with Gasteiger partial charge in [-0.05, 0) is 6.92 Å². The van der Waals surface area contributed by atoms with Crippen LogP contribution in [-0.4, -0.2) is 26.3 Å². The van der Waals surface area contributed by atoms with Crippen LogP contribution in [0, 0.1) is 0 Å². The highest BCUT2D eigenvalue weighted by atomic mass is 16.5. The molecule has 2 N–H and O–H groups in total. The molecule has 0 saturated heterocycles. The van der Waals surface area contributed by atoms with Gasteiger partial charge in [0.15, 0.2) is 5.75 Å². The molecule has 0 amide bonds. The Bertz CT molecular complexity index is 314. The number of methoxy groups -OCH3 is 3. The first-order valence-electron chi connectivity index (χ1n) is 4.56. The quantitative estimate of drug-likeness (QED) is 0.810. The third kappa shape index (κ3) is 2.30. The van der Waals surface area contributed by atoms with Gasteiger partial charge in [0, 0.05) is 12.1 Å². The van der Waals surface area contributed by atoms with Crippen LogP contribution >= 0.6 is 0 Å². The Morgan fingerprint density at radius 3 is 2.27 bits per heavy atom. The van der Waals surface area contributed by atoms with E-state index in [0.29, 0.717) is 23.1 Å². The van der Waals surface area contributed by atoms with Crippen molar-refractivity contribution in [2.45, 2.75) is 13.0 Å². The number of nitrogens with two attached hydrogens (primary N) is 1. The van der Waals surface area contributed by atoms with Gasteiger partial charge in [-0.25, -0.2) is 4.98 Å². The lowest BCUT2D eigenvalue weighted by Crippen LogP contribution is -2.09. The van der Waals surface area contributed by atoms with E-state index in [1.54, 1.807) is 13.2 Å². The van der Waals surface area contributed by atoms with Gasteiger partial charge in [-0.1, -0.05) is 0 Å². The summed E-state index contributed by atoms with van der Waals surface area (Å²) in [6.45, 7) is 1.84. The maximum atomic E-state index is 5.74. The summed E-state index contributed by atoms with van der Waals surface area (Å²) in [6, 6.07) is 1.56. The van der Waals surface area contributed by atoms with Crippen molar-refractivity contribution in [2.24, 2.45) is 5.73 Å². The Morgan fingerprint density at radius 2 is 1.87 bits per heavy atom. The Morgan fingerprint density at radius 1 is 1.20 bits per heavy atom. The van der Waals surface area contributed by atoms with Gasteiger partial charge in [0.25, 0.3) is 5.88 Å². The first-order valence-corrected chi connectivity index (χ1v) is 4.56. The zero-order valence-corrected chi connectivity index (χ0v) is 9.40. The Labute approximate surface area is 89.2 Å². The predicted octanol–water partition coefficient (Wildman–Crippen LogP) is 1.13. The van der Waals surface area contributed by atoms with Crippen molar-refractivity contribution in [3.8, 4) is 17.4 Å². The largest absolute Gasteiger partial charge is 0.493 e. The maximum Gasteiger partial charge on any atom is 0.261 e. The molecule has 15 heavy (non-hydrogen) atoms. The van der Waals surface area contributed by atoms with Crippen molar-refractivity contribution >= 4 is 0 Å². The molecule has 84 valence electrons. The summed E-state index contributed by atoms with van der Waals surface area (Å²) in [7, 11) is 4.62. The zero-order valence-electron chi connectivity index (χ0n) is 9.40. The minimum absolute atomic E-state index is 0.182. The summed E-state index contributed by atoms with van der Waals surface area (Å²) >= 11 is 0. The summed E-state index contributed by atoms with van der Waals surface area (Å²) in [5.41, 5.74) is 6.44. The van der Waals surface area contributed by atoms with E-state index in [-0.39, 0.29) is 6.04 Å². The fourth-order valence-corrected chi connectivity index (χ4v) is 1.22. The van der Waals surface area contributed by atoms with Crippen LogP contribution in [0.5, 0.6) is 17.4 Å². The Kier molecular flexibility index (Phi) is 3.74. The normalized spacial score (nSPS) is 12.1. The van der Waals surface area contributed by atoms with Crippen LogP contribution in [0.1, 0.15) is 18.7 Å². The third-order valence-corrected chi connectivity index (χ3v) is 2.01. The van der Waals surface area contributed by atoms with Crippen LogP contribution in [0.25, 0.3) is 0 Å². The van der Waals surface area contributed by atoms with E-state index in [1.807, 2.05) is 6.92 Å². The molecule has 0 fully saturated rings. The molecule has 0 aliphatic rings. The molecule has 0 spiro atoms. The highest BCUT2D eigenvalue weighted by molar-refractivity contribution is 5.48. The summed E-state index contributed by atoms with van der Waals surface area (Å²) in [6.07, 6.45) is 0. The van der Waals surface area contributed by atoms with Crippen molar-refractivity contribution in [1.29, 1.82) is 0 Å². The fourth-order valence-electron chi connectivity index (χ4n) is 1.22. The molecular weight excluding hydrogens is 196 g/mol. The Hall–Kier alpha value is -1.49. The number of rotatable bonds is 4. The summed E-state index contributed by atoms with van der Waals surface area (Å²) in [4.78, 5) is 4.22. The number of nitrogens with zero attached hydrogens (tertiary/aromatic N) is 1. The molecule has 0 radical (unpaired) electrons. The first-order chi connectivity index (χ1) is 7.13.